The van der Waals surface area contributed by atoms with E-state index in [1.54, 1.807) is 0 Å². The monoisotopic (exact) mass is 660 g/mol. The normalized spacial score (nSPS) is 14.4. The molecular weight excluding hydrogens is 582 g/mol. The van der Waals surface area contributed by atoms with Crippen molar-refractivity contribution in [1.82, 2.24) is 5.32 Å². The fourth-order valence-corrected chi connectivity index (χ4v) is 6.38. The van der Waals surface area contributed by atoms with Gasteiger partial charge in [0, 0.05) is 19.4 Å². The molecule has 1 fully saturated rings. The van der Waals surface area contributed by atoms with E-state index in [0.717, 1.165) is 45.2 Å². The van der Waals surface area contributed by atoms with E-state index in [-0.39, 0.29) is 17.4 Å². The van der Waals surface area contributed by atoms with Gasteiger partial charge in [-0.05, 0) is 77.2 Å². The first-order valence-corrected chi connectivity index (χ1v) is 20.4. The van der Waals surface area contributed by atoms with Crippen LogP contribution in [-0.2, 0) is 19.1 Å². The Morgan fingerprint density at radius 1 is 0.511 bits per heavy atom. The Hall–Kier alpha value is -1.62. The lowest BCUT2D eigenvalue weighted by molar-refractivity contribution is -0.153. The molecule has 1 aliphatic rings. The zero-order valence-electron chi connectivity index (χ0n) is 31.3. The minimum atomic E-state index is -0.281. The van der Waals surface area contributed by atoms with Gasteiger partial charge >= 0.3 is 11.9 Å². The molecule has 1 N–H and O–H groups in total. The van der Waals surface area contributed by atoms with Crippen LogP contribution in [0.1, 0.15) is 200 Å². The van der Waals surface area contributed by atoms with Gasteiger partial charge in [0.2, 0.25) is 0 Å². The van der Waals surface area contributed by atoms with Gasteiger partial charge in [-0.1, -0.05) is 141 Å². The summed E-state index contributed by atoms with van der Waals surface area (Å²) in [4.78, 5) is 24.8. The Morgan fingerprint density at radius 2 is 0.851 bits per heavy atom. The Bertz CT molecular complexity index is 713. The summed E-state index contributed by atoms with van der Waals surface area (Å²) in [6, 6.07) is 0. The molecule has 0 radical (unpaired) electrons. The maximum Gasteiger partial charge on any atom is 0.305 e. The quantitative estimate of drug-likeness (QED) is 0.0423. The summed E-state index contributed by atoms with van der Waals surface area (Å²) >= 11 is 0. The number of rotatable bonds is 34. The maximum atomic E-state index is 12.4. The maximum absolute atomic E-state index is 12.4. The molecule has 0 aliphatic carbocycles. The molecule has 0 amide bonds. The van der Waals surface area contributed by atoms with Crippen molar-refractivity contribution in [1.29, 1.82) is 0 Å². The van der Waals surface area contributed by atoms with Crippen molar-refractivity contribution in [3.8, 4) is 0 Å². The molecule has 0 spiro atoms. The highest BCUT2D eigenvalue weighted by atomic mass is 16.5. The van der Waals surface area contributed by atoms with Crippen molar-refractivity contribution in [2.24, 2.45) is 5.41 Å². The van der Waals surface area contributed by atoms with Gasteiger partial charge < -0.3 is 14.8 Å². The molecule has 0 unspecified atom stereocenters. The second-order valence-corrected chi connectivity index (χ2v) is 14.4. The van der Waals surface area contributed by atoms with Crippen LogP contribution in [0.25, 0.3) is 0 Å². The third kappa shape index (κ3) is 28.0. The van der Waals surface area contributed by atoms with Crippen molar-refractivity contribution >= 4 is 11.9 Å². The van der Waals surface area contributed by atoms with Gasteiger partial charge in [-0.15, -0.1) is 0 Å². The summed E-state index contributed by atoms with van der Waals surface area (Å²) in [6.45, 7) is 6.82. The van der Waals surface area contributed by atoms with E-state index in [1.807, 2.05) is 0 Å². The number of carbonyl (C=O) groups is 2. The molecule has 5 nitrogen and oxygen atoms in total. The highest BCUT2D eigenvalue weighted by Gasteiger charge is 2.37. The molecule has 0 atom stereocenters. The molecule has 1 heterocycles. The van der Waals surface area contributed by atoms with Crippen LogP contribution >= 0.6 is 0 Å². The van der Waals surface area contributed by atoms with Crippen molar-refractivity contribution in [3.05, 3.63) is 24.3 Å². The summed E-state index contributed by atoms with van der Waals surface area (Å²) in [5.41, 5.74) is -0.281. The van der Waals surface area contributed by atoms with Gasteiger partial charge in [-0.3, -0.25) is 9.59 Å². The van der Waals surface area contributed by atoms with Crippen molar-refractivity contribution in [2.45, 2.75) is 200 Å². The molecule has 1 rings (SSSR count). The molecule has 47 heavy (non-hydrogen) atoms. The Kier molecular flexibility index (Phi) is 30.4. The van der Waals surface area contributed by atoms with Crippen LogP contribution < -0.4 is 5.32 Å². The number of unbranched alkanes of at least 4 members (excludes halogenated alkanes) is 22. The number of ether oxygens (including phenoxy) is 2. The van der Waals surface area contributed by atoms with Crippen LogP contribution in [0.15, 0.2) is 24.3 Å². The average Bonchev–Trinajstić information content (AvgIpc) is 3.55. The van der Waals surface area contributed by atoms with Crippen LogP contribution in [0.5, 0.6) is 0 Å². The molecule has 0 aromatic carbocycles. The number of hydrogen-bond donors (Lipinski definition) is 1. The SMILES string of the molecule is CCCCCCCC/C=C\CCCCCCCC(=O)OCC1(COC(=O)CCCCCCC/C=C\CCCCCCCC)CCNC1. The Balaban J connectivity index is 1.99. The lowest BCUT2D eigenvalue weighted by Crippen LogP contribution is -2.36. The van der Waals surface area contributed by atoms with E-state index in [1.165, 1.54) is 141 Å². The number of allylic oxidation sites excluding steroid dienone is 4. The van der Waals surface area contributed by atoms with Crippen molar-refractivity contribution in [3.63, 3.8) is 0 Å². The average molecular weight is 660 g/mol. The van der Waals surface area contributed by atoms with Gasteiger partial charge in [-0.25, -0.2) is 0 Å². The molecule has 5 heteroatoms. The van der Waals surface area contributed by atoms with Gasteiger partial charge in [-0.2, -0.15) is 0 Å². The molecule has 0 aromatic heterocycles. The fourth-order valence-electron chi connectivity index (χ4n) is 6.38. The standard InChI is InChI=1S/C42H77NO4/c1-3-5-7-9-11-13-15-17-19-21-23-25-27-29-31-33-40(44)46-38-42(35-36-43-37-42)39-47-41(45)34-32-30-28-26-24-22-20-18-16-14-12-10-8-6-4-2/h17-20,43H,3-16,21-39H2,1-2H3/b19-17-,20-18-. The summed E-state index contributed by atoms with van der Waals surface area (Å²) in [6.07, 6.45) is 43.7. The molecule has 1 saturated heterocycles. The second-order valence-electron chi connectivity index (χ2n) is 14.4. The lowest BCUT2D eigenvalue weighted by Gasteiger charge is -2.27. The number of carbonyl (C=O) groups excluding carboxylic acids is 2. The smallest absolute Gasteiger partial charge is 0.305 e. The van der Waals surface area contributed by atoms with Gasteiger partial charge in [0.1, 0.15) is 13.2 Å². The first kappa shape index (κ1) is 43.4. The van der Waals surface area contributed by atoms with Crippen LogP contribution in [0, 0.1) is 5.41 Å². The lowest BCUT2D eigenvalue weighted by atomic mass is 9.89. The van der Waals surface area contributed by atoms with Crippen LogP contribution in [0.2, 0.25) is 0 Å². The zero-order valence-corrected chi connectivity index (χ0v) is 31.3. The summed E-state index contributed by atoms with van der Waals surface area (Å²) in [5.74, 6) is -0.234. The topological polar surface area (TPSA) is 64.6 Å². The van der Waals surface area contributed by atoms with E-state index < -0.39 is 0 Å². The minimum Gasteiger partial charge on any atom is -0.465 e. The molecular formula is C42H77NO4. The number of nitrogens with one attached hydrogen (secondary N) is 1. The molecule has 0 bridgehead atoms. The molecule has 0 saturated carbocycles. The highest BCUT2D eigenvalue weighted by Crippen LogP contribution is 2.27. The predicted molar refractivity (Wildman–Crippen MR) is 201 cm³/mol. The van der Waals surface area contributed by atoms with E-state index in [4.69, 9.17) is 9.47 Å². The predicted octanol–water partition coefficient (Wildman–Crippen LogP) is 12.1. The first-order valence-electron chi connectivity index (χ1n) is 20.4. The van der Waals surface area contributed by atoms with Crippen LogP contribution in [0.4, 0.5) is 0 Å². The summed E-state index contributed by atoms with van der Waals surface area (Å²) in [5, 5.41) is 3.37. The number of hydrogen-bond acceptors (Lipinski definition) is 5. The largest absolute Gasteiger partial charge is 0.465 e. The van der Waals surface area contributed by atoms with Gasteiger partial charge in [0.25, 0.3) is 0 Å². The van der Waals surface area contributed by atoms with Gasteiger partial charge in [0.15, 0.2) is 0 Å². The molecule has 1 aliphatic heterocycles. The zero-order chi connectivity index (χ0) is 33.9. The van der Waals surface area contributed by atoms with Crippen LogP contribution in [-0.4, -0.2) is 38.2 Å². The van der Waals surface area contributed by atoms with E-state index >= 15 is 0 Å². The highest BCUT2D eigenvalue weighted by molar-refractivity contribution is 5.69. The van der Waals surface area contributed by atoms with Crippen LogP contribution in [0.3, 0.4) is 0 Å². The van der Waals surface area contributed by atoms with E-state index in [2.05, 4.69) is 43.5 Å². The first-order chi connectivity index (χ1) is 23.1. The van der Waals surface area contributed by atoms with E-state index in [0.29, 0.717) is 26.1 Å². The van der Waals surface area contributed by atoms with E-state index in [9.17, 15) is 9.59 Å². The van der Waals surface area contributed by atoms with Crippen molar-refractivity contribution < 1.29 is 19.1 Å². The third-order valence-corrected chi connectivity index (χ3v) is 9.70. The minimum absolute atomic E-state index is 0.117. The number of esters is 2. The molecule has 274 valence electrons. The fraction of sp³-hybridized carbons (Fsp3) is 0.857. The Morgan fingerprint density at radius 3 is 1.19 bits per heavy atom. The second kappa shape index (κ2) is 32.9. The van der Waals surface area contributed by atoms with Crippen molar-refractivity contribution in [2.75, 3.05) is 26.3 Å². The summed E-state index contributed by atoms with van der Waals surface area (Å²) < 4.78 is 11.4. The summed E-state index contributed by atoms with van der Waals surface area (Å²) in [7, 11) is 0. The van der Waals surface area contributed by atoms with Gasteiger partial charge in [0.05, 0.1) is 5.41 Å². The third-order valence-electron chi connectivity index (χ3n) is 9.70. The molecule has 0 aromatic rings. The Labute approximate surface area is 291 Å².